The lowest BCUT2D eigenvalue weighted by atomic mass is 9.96. The fourth-order valence-corrected chi connectivity index (χ4v) is 3.34. The lowest BCUT2D eigenvalue weighted by molar-refractivity contribution is 0.215. The third-order valence-electron chi connectivity index (χ3n) is 4.54. The van der Waals surface area contributed by atoms with Crippen LogP contribution < -0.4 is 15.4 Å². The van der Waals surface area contributed by atoms with Crippen molar-refractivity contribution in [2.45, 2.75) is 13.0 Å². The summed E-state index contributed by atoms with van der Waals surface area (Å²) in [5.41, 5.74) is 1.33. The summed E-state index contributed by atoms with van der Waals surface area (Å²) < 4.78 is 7.90. The number of anilines is 1. The molecule has 2 aromatic rings. The molecule has 5 heteroatoms. The highest BCUT2D eigenvalue weighted by Gasteiger charge is 2.21. The quantitative estimate of drug-likeness (QED) is 0.903. The Morgan fingerprint density at radius 2 is 2.14 bits per heavy atom. The number of ether oxygens (including phenoxy) is 1. The Bertz CT molecular complexity index is 639. The fourth-order valence-electron chi connectivity index (χ4n) is 3.34. The minimum absolute atomic E-state index is 0.562. The van der Waals surface area contributed by atoms with Gasteiger partial charge in [-0.15, -0.1) is 0 Å². The molecule has 1 aromatic heterocycles. The van der Waals surface area contributed by atoms with Crippen LogP contribution in [-0.4, -0.2) is 36.0 Å². The average molecular weight is 298 g/mol. The third-order valence-corrected chi connectivity index (χ3v) is 4.54. The second kappa shape index (κ2) is 6.01. The number of benzene rings is 1. The Balaban J connectivity index is 1.25. The number of hydrogen-bond acceptors (Lipinski definition) is 4. The fraction of sp³-hybridized carbons (Fsp3) is 0.471. The lowest BCUT2D eigenvalue weighted by Gasteiger charge is -2.28. The second-order valence-corrected chi connectivity index (χ2v) is 6.29. The first-order valence-electron chi connectivity index (χ1n) is 8.05. The van der Waals surface area contributed by atoms with Crippen molar-refractivity contribution in [3.8, 4) is 5.75 Å². The maximum Gasteiger partial charge on any atom is 0.124 e. The van der Waals surface area contributed by atoms with Crippen LogP contribution in [0.1, 0.15) is 5.56 Å². The van der Waals surface area contributed by atoms with Crippen LogP contribution >= 0.6 is 0 Å². The molecule has 0 bridgehead atoms. The summed E-state index contributed by atoms with van der Waals surface area (Å²) >= 11 is 0. The van der Waals surface area contributed by atoms with Gasteiger partial charge in [0.2, 0.25) is 0 Å². The molecule has 0 saturated carbocycles. The van der Waals surface area contributed by atoms with E-state index in [2.05, 4.69) is 38.6 Å². The van der Waals surface area contributed by atoms with Crippen LogP contribution in [0.4, 0.5) is 5.82 Å². The highest BCUT2D eigenvalue weighted by Crippen LogP contribution is 2.26. The van der Waals surface area contributed by atoms with Gasteiger partial charge in [0.05, 0.1) is 12.8 Å². The molecule has 2 atom stereocenters. The van der Waals surface area contributed by atoms with Gasteiger partial charge in [-0.1, -0.05) is 18.2 Å². The Kier molecular flexibility index (Phi) is 3.72. The van der Waals surface area contributed by atoms with Crippen LogP contribution in [0.3, 0.4) is 0 Å². The van der Waals surface area contributed by atoms with Crippen molar-refractivity contribution in [1.82, 2.24) is 15.1 Å². The van der Waals surface area contributed by atoms with Gasteiger partial charge in [-0.2, -0.15) is 5.10 Å². The zero-order valence-electron chi connectivity index (χ0n) is 12.7. The molecular weight excluding hydrogens is 276 g/mol. The minimum atomic E-state index is 0.562. The number of nitrogens with one attached hydrogen (secondary N) is 2. The molecule has 3 heterocycles. The molecule has 0 amide bonds. The molecule has 0 saturated heterocycles. The van der Waals surface area contributed by atoms with Crippen LogP contribution in [0.2, 0.25) is 0 Å². The van der Waals surface area contributed by atoms with Gasteiger partial charge in [-0.25, -0.2) is 4.68 Å². The van der Waals surface area contributed by atoms with Crippen molar-refractivity contribution >= 4 is 5.82 Å². The van der Waals surface area contributed by atoms with E-state index < -0.39 is 0 Å². The number of fused-ring (bicyclic) bond motifs is 2. The highest BCUT2D eigenvalue weighted by atomic mass is 16.5. The lowest BCUT2D eigenvalue weighted by Crippen LogP contribution is -2.38. The summed E-state index contributed by atoms with van der Waals surface area (Å²) in [6, 6.07) is 10.4. The molecule has 22 heavy (non-hydrogen) atoms. The van der Waals surface area contributed by atoms with Crippen LogP contribution in [0.5, 0.6) is 5.75 Å². The molecule has 1 aromatic carbocycles. The van der Waals surface area contributed by atoms with Crippen molar-refractivity contribution < 1.29 is 4.74 Å². The number of nitrogens with zero attached hydrogens (tertiary/aromatic N) is 2. The van der Waals surface area contributed by atoms with Gasteiger partial charge < -0.3 is 15.4 Å². The SMILES string of the molecule is c1ccc2c(c1)C[C@H](CNC[C@@H]1CNc3ccnn3C1)CO2. The molecule has 4 rings (SSSR count). The Morgan fingerprint density at radius 1 is 1.23 bits per heavy atom. The van der Waals surface area contributed by atoms with Gasteiger partial charge in [0.25, 0.3) is 0 Å². The van der Waals surface area contributed by atoms with Crippen molar-refractivity contribution in [3.05, 3.63) is 42.1 Å². The molecule has 5 nitrogen and oxygen atoms in total. The monoisotopic (exact) mass is 298 g/mol. The van der Waals surface area contributed by atoms with Gasteiger partial charge in [-0.05, 0) is 18.1 Å². The summed E-state index contributed by atoms with van der Waals surface area (Å²) in [6.07, 6.45) is 2.96. The third kappa shape index (κ3) is 2.81. The number of hydrogen-bond donors (Lipinski definition) is 2. The summed E-state index contributed by atoms with van der Waals surface area (Å²) in [6.45, 7) is 4.85. The smallest absolute Gasteiger partial charge is 0.124 e. The predicted molar refractivity (Wildman–Crippen MR) is 86.2 cm³/mol. The first-order valence-corrected chi connectivity index (χ1v) is 8.05. The second-order valence-electron chi connectivity index (χ2n) is 6.29. The summed E-state index contributed by atoms with van der Waals surface area (Å²) in [5, 5.41) is 11.4. The van der Waals surface area contributed by atoms with Crippen LogP contribution in [0.15, 0.2) is 36.5 Å². The maximum absolute atomic E-state index is 5.85. The van der Waals surface area contributed by atoms with Gasteiger partial charge in [0, 0.05) is 44.1 Å². The zero-order chi connectivity index (χ0) is 14.8. The Hall–Kier alpha value is -2.01. The minimum Gasteiger partial charge on any atom is -0.493 e. The summed E-state index contributed by atoms with van der Waals surface area (Å²) in [7, 11) is 0. The standard InChI is InChI=1S/C17H22N4O/c1-2-4-16-15(3-1)7-13(12-22-16)8-18-9-14-10-19-17-5-6-20-21(17)11-14/h1-6,13-14,18-19H,7-12H2/t13-,14-/m1/s1. The van der Waals surface area contributed by atoms with E-state index in [1.54, 1.807) is 0 Å². The van der Waals surface area contributed by atoms with E-state index in [1.165, 1.54) is 5.56 Å². The van der Waals surface area contributed by atoms with Crippen LogP contribution in [0, 0.1) is 11.8 Å². The first-order chi connectivity index (χ1) is 10.9. The Labute approximate surface area is 130 Å². The maximum atomic E-state index is 5.85. The van der Waals surface area contributed by atoms with Crippen molar-refractivity contribution in [3.63, 3.8) is 0 Å². The van der Waals surface area contributed by atoms with E-state index in [0.717, 1.165) is 50.8 Å². The van der Waals surface area contributed by atoms with Crippen molar-refractivity contribution in [2.24, 2.45) is 11.8 Å². The van der Waals surface area contributed by atoms with Gasteiger partial charge in [-0.3, -0.25) is 0 Å². The zero-order valence-corrected chi connectivity index (χ0v) is 12.7. The average Bonchev–Trinajstić information content (AvgIpc) is 3.02. The van der Waals surface area contributed by atoms with Crippen molar-refractivity contribution in [1.29, 1.82) is 0 Å². The molecule has 0 fully saturated rings. The number of para-hydroxylation sites is 1. The molecule has 116 valence electrons. The molecular formula is C17H22N4O. The number of aromatic nitrogens is 2. The van der Waals surface area contributed by atoms with Gasteiger partial charge in [0.15, 0.2) is 0 Å². The summed E-state index contributed by atoms with van der Waals surface area (Å²) in [5.74, 6) is 3.34. The van der Waals surface area contributed by atoms with E-state index >= 15 is 0 Å². The van der Waals surface area contributed by atoms with Crippen LogP contribution in [-0.2, 0) is 13.0 Å². The van der Waals surface area contributed by atoms with Crippen molar-refractivity contribution in [2.75, 3.05) is 31.6 Å². The largest absolute Gasteiger partial charge is 0.493 e. The first kappa shape index (κ1) is 13.6. The van der Waals surface area contributed by atoms with Gasteiger partial charge in [0.1, 0.15) is 11.6 Å². The highest BCUT2D eigenvalue weighted by molar-refractivity contribution is 5.36. The Morgan fingerprint density at radius 3 is 3.14 bits per heavy atom. The molecule has 0 radical (unpaired) electrons. The van der Waals surface area contributed by atoms with E-state index in [0.29, 0.717) is 11.8 Å². The van der Waals surface area contributed by atoms with E-state index in [-0.39, 0.29) is 0 Å². The van der Waals surface area contributed by atoms with Crippen LogP contribution in [0.25, 0.3) is 0 Å². The molecule has 2 aliphatic heterocycles. The molecule has 2 aliphatic rings. The van der Waals surface area contributed by atoms with E-state index in [9.17, 15) is 0 Å². The molecule has 2 N–H and O–H groups in total. The number of rotatable bonds is 4. The van der Waals surface area contributed by atoms with E-state index in [1.807, 2.05) is 18.3 Å². The molecule has 0 aliphatic carbocycles. The normalized spacial score (nSPS) is 23.1. The predicted octanol–water partition coefficient (Wildman–Crippen LogP) is 1.77. The van der Waals surface area contributed by atoms with Gasteiger partial charge >= 0.3 is 0 Å². The molecule has 0 unspecified atom stereocenters. The molecule has 0 spiro atoms. The van der Waals surface area contributed by atoms with E-state index in [4.69, 9.17) is 4.74 Å². The topological polar surface area (TPSA) is 51.1 Å². The summed E-state index contributed by atoms with van der Waals surface area (Å²) in [4.78, 5) is 0.